The van der Waals surface area contributed by atoms with Crippen molar-refractivity contribution in [1.29, 1.82) is 0 Å². The Hall–Kier alpha value is -1.47. The molecule has 7 heteroatoms. The summed E-state index contributed by atoms with van der Waals surface area (Å²) in [5.74, 6) is 4.76. The summed E-state index contributed by atoms with van der Waals surface area (Å²) in [5, 5.41) is 3.28. The van der Waals surface area contributed by atoms with Crippen LogP contribution in [-0.4, -0.2) is 28.9 Å². The van der Waals surface area contributed by atoms with Crippen LogP contribution >= 0.6 is 0 Å². The van der Waals surface area contributed by atoms with Gasteiger partial charge in [0.1, 0.15) is 0 Å². The Morgan fingerprint density at radius 2 is 2.12 bits per heavy atom. The van der Waals surface area contributed by atoms with E-state index >= 15 is 0 Å². The summed E-state index contributed by atoms with van der Waals surface area (Å²) in [4.78, 5) is 0. The van der Waals surface area contributed by atoms with Gasteiger partial charge in [-0.3, -0.25) is 4.21 Å². The predicted octanol–water partition coefficient (Wildman–Crippen LogP) is 4.04. The first kappa shape index (κ1) is 19.3. The summed E-state index contributed by atoms with van der Waals surface area (Å²) in [6, 6.07) is 3.99. The lowest BCUT2D eigenvalue weighted by Gasteiger charge is -2.41. The third kappa shape index (κ3) is 4.26. The summed E-state index contributed by atoms with van der Waals surface area (Å²) in [5.41, 5.74) is 0.980. The lowest BCUT2D eigenvalue weighted by molar-refractivity contribution is -0.137. The zero-order valence-electron chi connectivity index (χ0n) is 14.6. The van der Waals surface area contributed by atoms with Crippen molar-refractivity contribution in [1.82, 2.24) is 4.72 Å². The highest BCUT2D eigenvalue weighted by Gasteiger charge is 2.38. The molecule has 3 nitrogen and oxygen atoms in total. The van der Waals surface area contributed by atoms with Crippen molar-refractivity contribution in [2.45, 2.75) is 31.4 Å². The maximum Gasteiger partial charge on any atom is 0.416 e. The molecule has 26 heavy (non-hydrogen) atoms. The van der Waals surface area contributed by atoms with Crippen molar-refractivity contribution in [3.8, 4) is 0 Å². The number of benzene rings is 1. The van der Waals surface area contributed by atoms with E-state index in [9.17, 15) is 17.4 Å². The Bertz CT molecular complexity index is 773. The van der Waals surface area contributed by atoms with Gasteiger partial charge in [0.05, 0.1) is 5.56 Å². The Balaban J connectivity index is 1.76. The summed E-state index contributed by atoms with van der Waals surface area (Å²) in [7, 11) is -2.38. The van der Waals surface area contributed by atoms with E-state index in [-0.39, 0.29) is 11.8 Å². The van der Waals surface area contributed by atoms with Crippen LogP contribution in [0.15, 0.2) is 30.9 Å². The van der Waals surface area contributed by atoms with Crippen molar-refractivity contribution in [3.63, 3.8) is 0 Å². The second-order valence-corrected chi connectivity index (χ2v) is 9.59. The molecular weight excluding hydrogens is 361 g/mol. The fraction of sp³-hybridized carbons (Fsp3) is 0.526. The van der Waals surface area contributed by atoms with Gasteiger partial charge >= 0.3 is 6.18 Å². The molecule has 1 aliphatic heterocycles. The van der Waals surface area contributed by atoms with Gasteiger partial charge in [0.2, 0.25) is 0 Å². The number of nitrogens with one attached hydrogen (secondary N) is 2. The summed E-state index contributed by atoms with van der Waals surface area (Å²) in [6.45, 7) is 4.96. The SMILES string of the molecule is C=CCS(=C)(=O)NCC1CCC2CNc3ccc(C(F)(F)F)cc3C2C1. The molecule has 1 aliphatic carbocycles. The Morgan fingerprint density at radius 3 is 2.81 bits per heavy atom. The highest BCUT2D eigenvalue weighted by atomic mass is 32.2. The summed E-state index contributed by atoms with van der Waals surface area (Å²) >= 11 is 0. The number of alkyl halides is 3. The molecule has 144 valence electrons. The monoisotopic (exact) mass is 386 g/mol. The first-order valence-corrected chi connectivity index (χ1v) is 10.7. The van der Waals surface area contributed by atoms with Gasteiger partial charge < -0.3 is 5.32 Å². The van der Waals surface area contributed by atoms with E-state index in [1.807, 2.05) is 0 Å². The molecule has 2 N–H and O–H groups in total. The number of halogens is 3. The molecule has 0 amide bonds. The Morgan fingerprint density at radius 1 is 1.35 bits per heavy atom. The minimum absolute atomic E-state index is 0.106. The lowest BCUT2D eigenvalue weighted by atomic mass is 9.69. The fourth-order valence-corrected chi connectivity index (χ4v) is 5.14. The van der Waals surface area contributed by atoms with E-state index in [2.05, 4.69) is 22.5 Å². The lowest BCUT2D eigenvalue weighted by Crippen LogP contribution is -2.37. The van der Waals surface area contributed by atoms with E-state index in [4.69, 9.17) is 0 Å². The maximum atomic E-state index is 13.1. The number of anilines is 1. The van der Waals surface area contributed by atoms with E-state index in [0.717, 1.165) is 43.1 Å². The number of rotatable bonds is 5. The normalized spacial score (nSPS) is 27.6. The largest absolute Gasteiger partial charge is 0.416 e. The first-order valence-electron chi connectivity index (χ1n) is 8.85. The van der Waals surface area contributed by atoms with E-state index in [1.165, 1.54) is 6.07 Å². The minimum atomic E-state index is -4.33. The van der Waals surface area contributed by atoms with Crippen LogP contribution in [-0.2, 0) is 15.9 Å². The van der Waals surface area contributed by atoms with Gasteiger partial charge in [-0.05, 0) is 66.6 Å². The van der Waals surface area contributed by atoms with E-state index < -0.39 is 21.4 Å². The molecule has 1 saturated carbocycles. The van der Waals surface area contributed by atoms with Crippen molar-refractivity contribution < 1.29 is 17.4 Å². The average molecular weight is 386 g/mol. The second kappa shape index (κ2) is 7.27. The topological polar surface area (TPSA) is 41.1 Å². The van der Waals surface area contributed by atoms with Crippen LogP contribution in [0.1, 0.15) is 36.3 Å². The minimum Gasteiger partial charge on any atom is -0.385 e. The van der Waals surface area contributed by atoms with Crippen LogP contribution in [0.5, 0.6) is 0 Å². The fourth-order valence-electron chi connectivity index (χ4n) is 4.10. The van der Waals surface area contributed by atoms with Crippen LogP contribution in [0.3, 0.4) is 0 Å². The van der Waals surface area contributed by atoms with Crippen molar-refractivity contribution in [3.05, 3.63) is 42.0 Å². The number of hydrogen-bond donors (Lipinski definition) is 2. The molecule has 1 aromatic rings. The van der Waals surface area contributed by atoms with Gasteiger partial charge in [0, 0.05) is 34.2 Å². The molecule has 0 radical (unpaired) electrons. The van der Waals surface area contributed by atoms with Gasteiger partial charge in [-0.25, -0.2) is 4.72 Å². The second-order valence-electron chi connectivity index (χ2n) is 7.34. The van der Waals surface area contributed by atoms with Gasteiger partial charge in [-0.1, -0.05) is 6.08 Å². The molecule has 1 aromatic carbocycles. The molecule has 0 spiro atoms. The zero-order valence-corrected chi connectivity index (χ0v) is 15.5. The standard InChI is InChI=1S/C19H25F3N2OS/c1-3-8-26(2,25)24-11-13-4-5-14-12-23-18-7-6-15(19(20,21)22)10-17(18)16(14)9-13/h3,6-7,10,13-14,16,23H,1-2,4-5,8-9,11-12H2,(H,24,25). The smallest absolute Gasteiger partial charge is 0.385 e. The Labute approximate surface area is 153 Å². The van der Waals surface area contributed by atoms with Gasteiger partial charge in [-0.15, -0.1) is 6.58 Å². The molecule has 4 atom stereocenters. The van der Waals surface area contributed by atoms with Crippen LogP contribution in [0, 0.1) is 11.8 Å². The molecule has 4 unspecified atom stereocenters. The highest BCUT2D eigenvalue weighted by molar-refractivity contribution is 7.98. The van der Waals surface area contributed by atoms with Crippen LogP contribution in [0.25, 0.3) is 0 Å². The summed E-state index contributed by atoms with van der Waals surface area (Å²) < 4.78 is 54.6. The zero-order chi connectivity index (χ0) is 18.9. The molecule has 1 fully saturated rings. The quantitative estimate of drug-likeness (QED) is 0.592. The van der Waals surface area contributed by atoms with Crippen molar-refractivity contribution >= 4 is 21.3 Å². The average Bonchev–Trinajstić information content (AvgIpc) is 2.58. The number of hydrogen-bond acceptors (Lipinski definition) is 2. The summed E-state index contributed by atoms with van der Waals surface area (Å²) in [6.07, 6.45) is -0.00680. The van der Waals surface area contributed by atoms with Gasteiger partial charge in [0.25, 0.3) is 0 Å². The molecule has 0 saturated heterocycles. The Kier molecular flexibility index (Phi) is 5.40. The third-order valence-electron chi connectivity index (χ3n) is 5.46. The predicted molar refractivity (Wildman–Crippen MR) is 102 cm³/mol. The molecule has 2 aliphatic rings. The van der Waals surface area contributed by atoms with E-state index in [1.54, 1.807) is 12.1 Å². The van der Waals surface area contributed by atoms with Gasteiger partial charge in [-0.2, -0.15) is 13.2 Å². The maximum absolute atomic E-state index is 13.1. The van der Waals surface area contributed by atoms with Crippen LogP contribution in [0.2, 0.25) is 0 Å². The number of fused-ring (bicyclic) bond motifs is 3. The van der Waals surface area contributed by atoms with Crippen LogP contribution < -0.4 is 10.0 Å². The third-order valence-corrected chi connectivity index (χ3v) is 6.92. The first-order chi connectivity index (χ1) is 12.2. The van der Waals surface area contributed by atoms with Crippen LogP contribution in [0.4, 0.5) is 18.9 Å². The molecule has 3 rings (SSSR count). The van der Waals surface area contributed by atoms with Crippen molar-refractivity contribution in [2.75, 3.05) is 24.2 Å². The highest BCUT2D eigenvalue weighted by Crippen LogP contribution is 2.47. The van der Waals surface area contributed by atoms with E-state index in [0.29, 0.717) is 18.2 Å². The van der Waals surface area contributed by atoms with Crippen molar-refractivity contribution in [2.24, 2.45) is 11.8 Å². The van der Waals surface area contributed by atoms with Gasteiger partial charge in [0.15, 0.2) is 0 Å². The molecular formula is C19H25F3N2OS. The molecule has 0 aromatic heterocycles. The molecule has 1 heterocycles. The molecule has 0 bridgehead atoms.